The molecule has 1 saturated heterocycles. The lowest BCUT2D eigenvalue weighted by molar-refractivity contribution is 0.0591. The van der Waals surface area contributed by atoms with Crippen molar-refractivity contribution in [1.29, 1.82) is 0 Å². The minimum Gasteiger partial charge on any atom is -0.478 e. The number of rotatable bonds is 3. The van der Waals surface area contributed by atoms with Crippen molar-refractivity contribution < 1.29 is 14.7 Å². The van der Waals surface area contributed by atoms with Crippen LogP contribution in [0.2, 0.25) is 0 Å². The Morgan fingerprint density at radius 3 is 2.58 bits per heavy atom. The minimum atomic E-state index is -1.05. The number of carbonyl (C=O) groups excluding carboxylic acids is 1. The number of amides is 1. The van der Waals surface area contributed by atoms with Crippen molar-refractivity contribution in [3.05, 3.63) is 35.4 Å². The fourth-order valence-electron chi connectivity index (χ4n) is 2.70. The van der Waals surface area contributed by atoms with Gasteiger partial charge in [0.05, 0.1) is 11.1 Å². The van der Waals surface area contributed by atoms with Gasteiger partial charge in [0.2, 0.25) is 0 Å². The second kappa shape index (κ2) is 5.87. The quantitative estimate of drug-likeness (QED) is 0.910. The van der Waals surface area contributed by atoms with Crippen molar-refractivity contribution in [2.45, 2.75) is 38.6 Å². The van der Waals surface area contributed by atoms with Crippen LogP contribution in [-0.2, 0) is 0 Å². The van der Waals surface area contributed by atoms with Gasteiger partial charge in [0.1, 0.15) is 0 Å². The van der Waals surface area contributed by atoms with Crippen LogP contribution in [0.4, 0.5) is 0 Å². The molecule has 0 unspecified atom stereocenters. The van der Waals surface area contributed by atoms with Crippen LogP contribution in [0.5, 0.6) is 0 Å². The Bertz CT molecular complexity index is 484. The fraction of sp³-hybridized carbons (Fsp3) is 0.467. The predicted molar refractivity (Wildman–Crippen MR) is 72.4 cm³/mol. The van der Waals surface area contributed by atoms with Crippen LogP contribution < -0.4 is 0 Å². The van der Waals surface area contributed by atoms with E-state index in [4.69, 9.17) is 5.11 Å². The average Bonchev–Trinajstić information content (AvgIpc) is 2.46. The summed E-state index contributed by atoms with van der Waals surface area (Å²) in [6.45, 7) is 2.80. The maximum Gasteiger partial charge on any atom is 0.336 e. The first-order chi connectivity index (χ1) is 9.15. The number of benzene rings is 1. The second-order valence-corrected chi connectivity index (χ2v) is 4.91. The van der Waals surface area contributed by atoms with Gasteiger partial charge >= 0.3 is 5.97 Å². The van der Waals surface area contributed by atoms with Crippen molar-refractivity contribution in [2.75, 3.05) is 6.54 Å². The zero-order valence-corrected chi connectivity index (χ0v) is 11.1. The van der Waals surface area contributed by atoms with Crippen LogP contribution in [0.25, 0.3) is 0 Å². The maximum atomic E-state index is 12.6. The maximum absolute atomic E-state index is 12.6. The summed E-state index contributed by atoms with van der Waals surface area (Å²) < 4.78 is 0. The summed E-state index contributed by atoms with van der Waals surface area (Å²) in [6, 6.07) is 6.69. The van der Waals surface area contributed by atoms with Gasteiger partial charge in [-0.15, -0.1) is 0 Å². The molecule has 1 fully saturated rings. The molecule has 0 aliphatic carbocycles. The number of hydrogen-bond donors (Lipinski definition) is 1. The lowest BCUT2D eigenvalue weighted by Gasteiger charge is -2.35. The summed E-state index contributed by atoms with van der Waals surface area (Å²) in [7, 11) is 0. The van der Waals surface area contributed by atoms with Crippen LogP contribution in [0.3, 0.4) is 0 Å². The van der Waals surface area contributed by atoms with E-state index < -0.39 is 5.97 Å². The van der Waals surface area contributed by atoms with E-state index in [0.29, 0.717) is 5.56 Å². The van der Waals surface area contributed by atoms with Crippen molar-refractivity contribution in [3.63, 3.8) is 0 Å². The zero-order chi connectivity index (χ0) is 13.8. The number of carboxylic acid groups (broad SMARTS) is 1. The average molecular weight is 261 g/mol. The molecule has 1 heterocycles. The lowest BCUT2D eigenvalue weighted by Crippen LogP contribution is -2.43. The number of aromatic carboxylic acids is 1. The molecule has 0 radical (unpaired) electrons. The standard InChI is InChI=1S/C15H19NO3/c1-2-11-7-5-6-10-16(11)14(17)12-8-3-4-9-13(12)15(18)19/h3-4,8-9,11H,2,5-7,10H2,1H3,(H,18,19)/t11-/m0/s1. The molecule has 0 aromatic heterocycles. The van der Waals surface area contributed by atoms with E-state index in [9.17, 15) is 9.59 Å². The van der Waals surface area contributed by atoms with Gasteiger partial charge in [0, 0.05) is 12.6 Å². The Morgan fingerprint density at radius 1 is 1.26 bits per heavy atom. The number of carboxylic acids is 1. The van der Waals surface area contributed by atoms with Crippen LogP contribution in [0.15, 0.2) is 24.3 Å². The third-order valence-electron chi connectivity index (χ3n) is 3.75. The first kappa shape index (κ1) is 13.6. The predicted octanol–water partition coefficient (Wildman–Crippen LogP) is 2.79. The van der Waals surface area contributed by atoms with Gasteiger partial charge in [0.25, 0.3) is 5.91 Å². The van der Waals surface area contributed by atoms with E-state index in [1.807, 2.05) is 4.90 Å². The number of likely N-dealkylation sites (tertiary alicyclic amines) is 1. The number of hydrogen-bond acceptors (Lipinski definition) is 2. The summed E-state index contributed by atoms with van der Waals surface area (Å²) in [5.74, 6) is -1.20. The molecule has 4 heteroatoms. The lowest BCUT2D eigenvalue weighted by atomic mass is 9.97. The van der Waals surface area contributed by atoms with Crippen molar-refractivity contribution in [3.8, 4) is 0 Å². The Kier molecular flexibility index (Phi) is 4.20. The monoisotopic (exact) mass is 261 g/mol. The zero-order valence-electron chi connectivity index (χ0n) is 11.1. The molecule has 1 atom stereocenters. The van der Waals surface area contributed by atoms with Crippen LogP contribution in [0, 0.1) is 0 Å². The first-order valence-corrected chi connectivity index (χ1v) is 6.78. The molecule has 4 nitrogen and oxygen atoms in total. The summed E-state index contributed by atoms with van der Waals surface area (Å²) in [4.78, 5) is 25.6. The molecule has 1 amide bonds. The molecule has 1 aliphatic rings. The SMILES string of the molecule is CC[C@H]1CCCCN1C(=O)c1ccccc1C(=O)O. The number of piperidine rings is 1. The van der Waals surface area contributed by atoms with Gasteiger partial charge in [-0.05, 0) is 37.8 Å². The highest BCUT2D eigenvalue weighted by atomic mass is 16.4. The smallest absolute Gasteiger partial charge is 0.336 e. The van der Waals surface area contributed by atoms with Gasteiger partial charge in [-0.2, -0.15) is 0 Å². The Balaban J connectivity index is 2.30. The van der Waals surface area contributed by atoms with E-state index in [1.54, 1.807) is 18.2 Å². The van der Waals surface area contributed by atoms with Crippen LogP contribution >= 0.6 is 0 Å². The molecule has 102 valence electrons. The van der Waals surface area contributed by atoms with Crippen LogP contribution in [0.1, 0.15) is 53.3 Å². The molecule has 19 heavy (non-hydrogen) atoms. The number of carbonyl (C=O) groups is 2. The van der Waals surface area contributed by atoms with Crippen molar-refractivity contribution in [1.82, 2.24) is 4.90 Å². The molecular formula is C15H19NO3. The summed E-state index contributed by atoms with van der Waals surface area (Å²) in [5, 5.41) is 9.17. The third-order valence-corrected chi connectivity index (χ3v) is 3.75. The Labute approximate surface area is 113 Å². The summed E-state index contributed by atoms with van der Waals surface area (Å²) in [6.07, 6.45) is 4.07. The van der Waals surface area contributed by atoms with Crippen molar-refractivity contribution >= 4 is 11.9 Å². The van der Waals surface area contributed by atoms with E-state index in [2.05, 4.69) is 6.92 Å². The molecule has 0 spiro atoms. The highest BCUT2D eigenvalue weighted by Gasteiger charge is 2.28. The minimum absolute atomic E-state index is 0.0907. The fourth-order valence-corrected chi connectivity index (χ4v) is 2.70. The van der Waals surface area contributed by atoms with E-state index in [1.165, 1.54) is 6.07 Å². The van der Waals surface area contributed by atoms with Gasteiger partial charge < -0.3 is 10.0 Å². The molecule has 0 bridgehead atoms. The largest absolute Gasteiger partial charge is 0.478 e. The molecule has 2 rings (SSSR count). The van der Waals surface area contributed by atoms with E-state index in [0.717, 1.165) is 32.2 Å². The molecule has 1 aliphatic heterocycles. The van der Waals surface area contributed by atoms with E-state index in [-0.39, 0.29) is 17.5 Å². The summed E-state index contributed by atoms with van der Waals surface area (Å²) >= 11 is 0. The second-order valence-electron chi connectivity index (χ2n) is 4.91. The van der Waals surface area contributed by atoms with Gasteiger partial charge in [-0.25, -0.2) is 4.79 Å². The Hall–Kier alpha value is -1.84. The van der Waals surface area contributed by atoms with Gasteiger partial charge in [0.15, 0.2) is 0 Å². The molecule has 1 aromatic rings. The van der Waals surface area contributed by atoms with Gasteiger partial charge in [-0.1, -0.05) is 19.1 Å². The third kappa shape index (κ3) is 2.78. The van der Waals surface area contributed by atoms with Gasteiger partial charge in [-0.3, -0.25) is 4.79 Å². The molecule has 1 N–H and O–H groups in total. The number of nitrogens with zero attached hydrogens (tertiary/aromatic N) is 1. The molecule has 1 aromatic carbocycles. The van der Waals surface area contributed by atoms with Crippen molar-refractivity contribution in [2.24, 2.45) is 0 Å². The first-order valence-electron chi connectivity index (χ1n) is 6.78. The summed E-state index contributed by atoms with van der Waals surface area (Å²) in [5.41, 5.74) is 0.392. The molecule has 0 saturated carbocycles. The topological polar surface area (TPSA) is 57.6 Å². The normalized spacial score (nSPS) is 19.2. The highest BCUT2D eigenvalue weighted by Crippen LogP contribution is 2.23. The highest BCUT2D eigenvalue weighted by molar-refractivity contribution is 6.04. The van der Waals surface area contributed by atoms with Crippen LogP contribution in [-0.4, -0.2) is 34.5 Å². The Morgan fingerprint density at radius 2 is 1.95 bits per heavy atom. The molecular weight excluding hydrogens is 242 g/mol. The van der Waals surface area contributed by atoms with E-state index >= 15 is 0 Å².